The van der Waals surface area contributed by atoms with Gasteiger partial charge in [-0.1, -0.05) is 0 Å². The highest BCUT2D eigenvalue weighted by Crippen LogP contribution is 2.17. The van der Waals surface area contributed by atoms with Crippen LogP contribution < -0.4 is 10.7 Å². The van der Waals surface area contributed by atoms with E-state index in [1.807, 2.05) is 0 Å². The molecule has 0 atom stereocenters. The summed E-state index contributed by atoms with van der Waals surface area (Å²) >= 11 is 1.25. The van der Waals surface area contributed by atoms with Crippen molar-refractivity contribution in [1.82, 2.24) is 14.9 Å². The first-order chi connectivity index (χ1) is 11.6. The molecular weight excluding hydrogens is 333 g/mol. The van der Waals surface area contributed by atoms with Crippen molar-refractivity contribution in [3.05, 3.63) is 62.5 Å². The summed E-state index contributed by atoms with van der Waals surface area (Å²) < 4.78 is 14.9. The van der Waals surface area contributed by atoms with Crippen LogP contribution in [0.2, 0.25) is 0 Å². The number of aliphatic hydroxyl groups excluding tert-OH is 1. The number of carbonyl (C=O) groups is 1. The number of rotatable bonds is 5. The van der Waals surface area contributed by atoms with Crippen LogP contribution in [0.25, 0.3) is 11.0 Å². The quantitative estimate of drug-likeness (QED) is 0.730. The van der Waals surface area contributed by atoms with Crippen molar-refractivity contribution in [1.29, 1.82) is 0 Å². The normalized spacial score (nSPS) is 10.9. The van der Waals surface area contributed by atoms with Crippen LogP contribution in [0.15, 0.2) is 40.8 Å². The molecule has 0 bridgehead atoms. The molecule has 124 valence electrons. The van der Waals surface area contributed by atoms with Crippen molar-refractivity contribution in [3.63, 3.8) is 0 Å². The summed E-state index contributed by atoms with van der Waals surface area (Å²) in [7, 11) is 0. The number of carbonyl (C=O) groups excluding carboxylic acids is 1. The number of aliphatic hydroxyl groups is 1. The maximum absolute atomic E-state index is 13.2. The second-order valence-electron chi connectivity index (χ2n) is 5.09. The van der Waals surface area contributed by atoms with E-state index in [9.17, 15) is 14.0 Å². The highest BCUT2D eigenvalue weighted by atomic mass is 32.1. The summed E-state index contributed by atoms with van der Waals surface area (Å²) in [5.41, 5.74) is -0.0434. The molecule has 0 saturated heterocycles. The second kappa shape index (κ2) is 6.90. The Balaban J connectivity index is 2.11. The standard InChI is InChI=1S/C16H14FN3O3S/c17-10-6-11(24-9-10)7-20-8-13(16(23)19-4-5-21)14(22)12-2-1-3-18-15(12)20/h1-3,6,8-9,21H,4-5,7H2,(H,19,23). The predicted octanol–water partition coefficient (Wildman–Crippen LogP) is 1.37. The smallest absolute Gasteiger partial charge is 0.256 e. The molecule has 0 spiro atoms. The van der Waals surface area contributed by atoms with E-state index >= 15 is 0 Å². The topological polar surface area (TPSA) is 84.2 Å². The first-order valence-electron chi connectivity index (χ1n) is 7.20. The zero-order valence-corrected chi connectivity index (χ0v) is 13.3. The zero-order valence-electron chi connectivity index (χ0n) is 12.5. The highest BCUT2D eigenvalue weighted by molar-refractivity contribution is 7.09. The molecule has 0 fully saturated rings. The minimum absolute atomic E-state index is 0.0408. The van der Waals surface area contributed by atoms with Crippen molar-refractivity contribution in [2.24, 2.45) is 0 Å². The lowest BCUT2D eigenvalue weighted by Gasteiger charge is -2.11. The molecule has 0 saturated carbocycles. The minimum atomic E-state index is -0.564. The van der Waals surface area contributed by atoms with Crippen LogP contribution in [0.5, 0.6) is 0 Å². The lowest BCUT2D eigenvalue weighted by molar-refractivity contribution is 0.0943. The lowest BCUT2D eigenvalue weighted by atomic mass is 10.1. The van der Waals surface area contributed by atoms with E-state index in [4.69, 9.17) is 5.11 Å². The van der Waals surface area contributed by atoms with Gasteiger partial charge in [0.05, 0.1) is 18.5 Å². The van der Waals surface area contributed by atoms with Crippen LogP contribution in [0.3, 0.4) is 0 Å². The average Bonchev–Trinajstić information content (AvgIpc) is 3.00. The summed E-state index contributed by atoms with van der Waals surface area (Å²) in [6, 6.07) is 4.62. The maximum atomic E-state index is 13.2. The molecule has 3 aromatic heterocycles. The van der Waals surface area contributed by atoms with Gasteiger partial charge < -0.3 is 15.0 Å². The van der Waals surface area contributed by atoms with Crippen molar-refractivity contribution < 1.29 is 14.3 Å². The number of aromatic nitrogens is 2. The summed E-state index contributed by atoms with van der Waals surface area (Å²) in [5.74, 6) is -0.889. The van der Waals surface area contributed by atoms with Gasteiger partial charge >= 0.3 is 0 Å². The van der Waals surface area contributed by atoms with Gasteiger partial charge in [0.25, 0.3) is 5.91 Å². The molecule has 0 radical (unpaired) electrons. The van der Waals surface area contributed by atoms with Crippen molar-refractivity contribution in [3.8, 4) is 0 Å². The Morgan fingerprint density at radius 1 is 1.46 bits per heavy atom. The van der Waals surface area contributed by atoms with Gasteiger partial charge in [0.2, 0.25) is 5.43 Å². The zero-order chi connectivity index (χ0) is 17.1. The maximum Gasteiger partial charge on any atom is 0.256 e. The molecule has 0 aromatic carbocycles. The van der Waals surface area contributed by atoms with Gasteiger partial charge in [-0.25, -0.2) is 9.37 Å². The Morgan fingerprint density at radius 3 is 3.00 bits per heavy atom. The van der Waals surface area contributed by atoms with E-state index in [0.29, 0.717) is 17.6 Å². The van der Waals surface area contributed by atoms with Crippen LogP contribution in [-0.4, -0.2) is 33.7 Å². The molecule has 0 unspecified atom stereocenters. The van der Waals surface area contributed by atoms with Crippen LogP contribution >= 0.6 is 11.3 Å². The average molecular weight is 347 g/mol. The number of hydrogen-bond donors (Lipinski definition) is 2. The Hall–Kier alpha value is -2.58. The fraction of sp³-hybridized carbons (Fsp3) is 0.188. The molecule has 3 rings (SSSR count). The monoisotopic (exact) mass is 347 g/mol. The van der Waals surface area contributed by atoms with Gasteiger partial charge in [-0.2, -0.15) is 0 Å². The first kappa shape index (κ1) is 16.3. The van der Waals surface area contributed by atoms with E-state index < -0.39 is 11.3 Å². The molecule has 3 aromatic rings. The Morgan fingerprint density at radius 2 is 2.29 bits per heavy atom. The number of fused-ring (bicyclic) bond motifs is 1. The Labute approximate surface area is 140 Å². The third-order valence-electron chi connectivity index (χ3n) is 3.42. The van der Waals surface area contributed by atoms with Gasteiger partial charge in [0.15, 0.2) is 0 Å². The Bertz CT molecular complexity index is 951. The third-order valence-corrected chi connectivity index (χ3v) is 4.32. The fourth-order valence-electron chi connectivity index (χ4n) is 2.38. The van der Waals surface area contributed by atoms with E-state index in [2.05, 4.69) is 10.3 Å². The highest BCUT2D eigenvalue weighted by Gasteiger charge is 2.16. The van der Waals surface area contributed by atoms with Crippen molar-refractivity contribution in [2.45, 2.75) is 6.54 Å². The van der Waals surface area contributed by atoms with Gasteiger partial charge in [-0.15, -0.1) is 11.3 Å². The molecule has 0 aliphatic heterocycles. The van der Waals surface area contributed by atoms with Gasteiger partial charge in [-0.05, 0) is 18.2 Å². The summed E-state index contributed by atoms with van der Waals surface area (Å²) in [6.07, 6.45) is 2.97. The van der Waals surface area contributed by atoms with E-state index in [0.717, 1.165) is 4.88 Å². The molecule has 0 aliphatic carbocycles. The SMILES string of the molecule is O=C(NCCO)c1cn(Cc2cc(F)cs2)c2ncccc2c1=O. The van der Waals surface area contributed by atoms with Crippen molar-refractivity contribution >= 4 is 28.3 Å². The molecule has 8 heteroatoms. The molecule has 24 heavy (non-hydrogen) atoms. The molecule has 1 amide bonds. The number of amides is 1. The van der Waals surface area contributed by atoms with Crippen LogP contribution in [0.4, 0.5) is 4.39 Å². The van der Waals surface area contributed by atoms with Crippen molar-refractivity contribution in [2.75, 3.05) is 13.2 Å². The van der Waals surface area contributed by atoms with E-state index in [1.54, 1.807) is 22.9 Å². The number of nitrogens with zero attached hydrogens (tertiary/aromatic N) is 2. The minimum Gasteiger partial charge on any atom is -0.395 e. The first-order valence-corrected chi connectivity index (χ1v) is 8.08. The molecule has 3 heterocycles. The van der Waals surface area contributed by atoms with Gasteiger partial charge in [0.1, 0.15) is 17.0 Å². The molecular formula is C16H14FN3O3S. The van der Waals surface area contributed by atoms with Crippen LogP contribution in [-0.2, 0) is 6.54 Å². The lowest BCUT2D eigenvalue weighted by Crippen LogP contribution is -2.31. The number of nitrogens with one attached hydrogen (secondary N) is 1. The predicted molar refractivity (Wildman–Crippen MR) is 88.8 cm³/mol. The third kappa shape index (κ3) is 3.19. The fourth-order valence-corrected chi connectivity index (χ4v) is 3.10. The van der Waals surface area contributed by atoms with Gasteiger partial charge in [0, 0.05) is 29.2 Å². The molecule has 2 N–H and O–H groups in total. The summed E-state index contributed by atoms with van der Waals surface area (Å²) in [5, 5.41) is 13.0. The summed E-state index contributed by atoms with van der Waals surface area (Å²) in [4.78, 5) is 29.6. The molecule has 6 nitrogen and oxygen atoms in total. The molecule has 0 aliphatic rings. The second-order valence-corrected chi connectivity index (χ2v) is 6.08. The van der Waals surface area contributed by atoms with E-state index in [-0.39, 0.29) is 24.5 Å². The Kier molecular flexibility index (Phi) is 4.68. The van der Waals surface area contributed by atoms with Crippen LogP contribution in [0, 0.1) is 5.82 Å². The number of hydrogen-bond acceptors (Lipinski definition) is 5. The largest absolute Gasteiger partial charge is 0.395 e. The number of halogens is 1. The van der Waals surface area contributed by atoms with E-state index in [1.165, 1.54) is 29.0 Å². The number of pyridine rings is 2. The number of thiophene rings is 1. The van der Waals surface area contributed by atoms with Gasteiger partial charge in [-0.3, -0.25) is 9.59 Å². The van der Waals surface area contributed by atoms with Crippen LogP contribution in [0.1, 0.15) is 15.2 Å². The summed E-state index contributed by atoms with van der Waals surface area (Å²) in [6.45, 7) is 0.131.